The fourth-order valence-electron chi connectivity index (χ4n) is 0.298. The second-order valence-electron chi connectivity index (χ2n) is 1.67. The molecule has 0 bridgehead atoms. The van der Waals surface area contributed by atoms with Crippen molar-refractivity contribution in [2.45, 2.75) is 12.3 Å². The zero-order chi connectivity index (χ0) is 9.07. The van der Waals surface area contributed by atoms with Crippen molar-refractivity contribution >= 4 is 11.9 Å². The molecule has 0 saturated carbocycles. The van der Waals surface area contributed by atoms with Crippen LogP contribution in [0.4, 0.5) is 8.78 Å². The van der Waals surface area contributed by atoms with Crippen LogP contribution in [0.2, 0.25) is 0 Å². The minimum absolute atomic E-state index is 1.62. The molecule has 0 aliphatic heterocycles. The number of hydrogen-bond acceptors (Lipinski definition) is 3. The Balaban J connectivity index is 4.23. The number of nitrogens with zero attached hydrogens (tertiary/aromatic N) is 1. The van der Waals surface area contributed by atoms with E-state index >= 15 is 0 Å². The van der Waals surface area contributed by atoms with Crippen molar-refractivity contribution in [3.8, 4) is 0 Å². The van der Waals surface area contributed by atoms with E-state index in [-0.39, 0.29) is 0 Å². The van der Waals surface area contributed by atoms with E-state index in [9.17, 15) is 23.3 Å². The Labute approximate surface area is 59.0 Å². The van der Waals surface area contributed by atoms with Gasteiger partial charge in [0.1, 0.15) is 6.42 Å². The van der Waals surface area contributed by atoms with E-state index in [1.54, 1.807) is 5.18 Å². The lowest BCUT2D eigenvalue weighted by atomic mass is 10.2. The van der Waals surface area contributed by atoms with Crippen LogP contribution >= 0.6 is 0 Å². The standard InChI is InChI=1S/C4H3F2NO4/c5-4(6,3(9)10)1-2(8)7-11/h1H2,(H,9,10). The summed E-state index contributed by atoms with van der Waals surface area (Å²) in [7, 11) is 0. The van der Waals surface area contributed by atoms with Crippen LogP contribution in [-0.2, 0) is 9.59 Å². The molecule has 1 amide bonds. The first-order valence-corrected chi connectivity index (χ1v) is 2.37. The molecule has 5 nitrogen and oxygen atoms in total. The summed E-state index contributed by atoms with van der Waals surface area (Å²) >= 11 is 0. The lowest BCUT2D eigenvalue weighted by Gasteiger charge is -2.05. The molecular formula is C4H3F2NO4. The van der Waals surface area contributed by atoms with Crippen LogP contribution in [0.25, 0.3) is 0 Å². The van der Waals surface area contributed by atoms with Gasteiger partial charge in [-0.25, -0.2) is 4.79 Å². The number of rotatable bonds is 3. The molecule has 0 atom stereocenters. The number of carbonyl (C=O) groups is 2. The summed E-state index contributed by atoms with van der Waals surface area (Å²) in [4.78, 5) is 28.8. The van der Waals surface area contributed by atoms with Crippen molar-refractivity contribution in [1.82, 2.24) is 0 Å². The number of halogens is 2. The monoisotopic (exact) mass is 167 g/mol. The average Bonchev–Trinajstić information content (AvgIpc) is 1.86. The highest BCUT2D eigenvalue weighted by atomic mass is 19.3. The molecule has 0 aromatic heterocycles. The summed E-state index contributed by atoms with van der Waals surface area (Å²) in [6.45, 7) is 0. The Morgan fingerprint density at radius 2 is 1.91 bits per heavy atom. The molecule has 0 aliphatic rings. The molecule has 0 spiro atoms. The Kier molecular flexibility index (Phi) is 2.73. The van der Waals surface area contributed by atoms with Gasteiger partial charge in [0.25, 0.3) is 5.91 Å². The molecule has 0 aromatic carbocycles. The van der Waals surface area contributed by atoms with Gasteiger partial charge in [0.2, 0.25) is 0 Å². The first-order chi connectivity index (χ1) is 4.90. The van der Waals surface area contributed by atoms with E-state index in [0.29, 0.717) is 0 Å². The Bertz CT molecular complexity index is 202. The lowest BCUT2D eigenvalue weighted by molar-refractivity contribution is -0.167. The van der Waals surface area contributed by atoms with Gasteiger partial charge in [0.05, 0.1) is 0 Å². The third kappa shape index (κ3) is 2.78. The second-order valence-corrected chi connectivity index (χ2v) is 1.67. The number of aliphatic carboxylic acids is 1. The maximum absolute atomic E-state index is 12.0. The van der Waals surface area contributed by atoms with Crippen molar-refractivity contribution in [2.75, 3.05) is 0 Å². The quantitative estimate of drug-likeness (QED) is 0.616. The van der Waals surface area contributed by atoms with Gasteiger partial charge >= 0.3 is 11.9 Å². The molecule has 0 saturated heterocycles. The molecule has 1 N–H and O–H groups in total. The molecule has 0 rings (SSSR count). The van der Waals surface area contributed by atoms with Crippen LogP contribution < -0.4 is 0 Å². The van der Waals surface area contributed by atoms with Gasteiger partial charge in [-0.2, -0.15) is 8.78 Å². The summed E-state index contributed by atoms with van der Waals surface area (Å²) in [5, 5.41) is 9.36. The van der Waals surface area contributed by atoms with Crippen molar-refractivity contribution in [3.63, 3.8) is 0 Å². The largest absolute Gasteiger partial charge is 0.477 e. The predicted molar refractivity (Wildman–Crippen MR) is 28.0 cm³/mol. The van der Waals surface area contributed by atoms with E-state index < -0.39 is 24.2 Å². The Hall–Kier alpha value is -1.40. The maximum Gasteiger partial charge on any atom is 0.375 e. The summed E-state index contributed by atoms with van der Waals surface area (Å²) in [5.41, 5.74) is 0. The van der Waals surface area contributed by atoms with Gasteiger partial charge < -0.3 is 5.11 Å². The molecule has 0 fully saturated rings. The number of carbonyl (C=O) groups excluding carboxylic acids is 1. The maximum atomic E-state index is 12.0. The smallest absolute Gasteiger partial charge is 0.375 e. The number of alkyl halides is 2. The summed E-state index contributed by atoms with van der Waals surface area (Å²) in [6, 6.07) is 0. The van der Waals surface area contributed by atoms with Crippen LogP contribution in [0.1, 0.15) is 6.42 Å². The molecule has 0 aliphatic carbocycles. The van der Waals surface area contributed by atoms with Gasteiger partial charge in [0.15, 0.2) is 0 Å². The van der Waals surface area contributed by atoms with Crippen LogP contribution in [0.15, 0.2) is 5.18 Å². The SMILES string of the molecule is O=NC(=O)CC(F)(F)C(=O)O. The van der Waals surface area contributed by atoms with Gasteiger partial charge in [-0.05, 0) is 0 Å². The summed E-state index contributed by atoms with van der Waals surface area (Å²) < 4.78 is 23.9. The molecule has 7 heteroatoms. The van der Waals surface area contributed by atoms with Crippen LogP contribution in [0.3, 0.4) is 0 Å². The highest BCUT2D eigenvalue weighted by molar-refractivity contribution is 5.85. The van der Waals surface area contributed by atoms with E-state index in [1.165, 1.54) is 0 Å². The first kappa shape index (κ1) is 9.60. The molecule has 0 unspecified atom stereocenters. The molecule has 0 aromatic rings. The minimum Gasteiger partial charge on any atom is -0.477 e. The van der Waals surface area contributed by atoms with Crippen LogP contribution in [0.5, 0.6) is 0 Å². The van der Waals surface area contributed by atoms with Gasteiger partial charge in [-0.15, -0.1) is 4.91 Å². The highest BCUT2D eigenvalue weighted by Crippen LogP contribution is 2.18. The second kappa shape index (κ2) is 3.13. The molecular weight excluding hydrogens is 164 g/mol. The number of carboxylic acids is 1. The third-order valence-corrected chi connectivity index (χ3v) is 0.788. The fraction of sp³-hybridized carbons (Fsp3) is 0.500. The van der Waals surface area contributed by atoms with Crippen LogP contribution in [0, 0.1) is 4.91 Å². The normalized spacial score (nSPS) is 10.7. The van der Waals surface area contributed by atoms with E-state index in [4.69, 9.17) is 5.11 Å². The van der Waals surface area contributed by atoms with Crippen molar-refractivity contribution in [2.24, 2.45) is 5.18 Å². The lowest BCUT2D eigenvalue weighted by Crippen LogP contribution is -2.30. The average molecular weight is 167 g/mol. The summed E-state index contributed by atoms with van der Waals surface area (Å²) in [5.74, 6) is -8.34. The zero-order valence-corrected chi connectivity index (χ0v) is 5.08. The van der Waals surface area contributed by atoms with Crippen LogP contribution in [-0.4, -0.2) is 22.9 Å². The van der Waals surface area contributed by atoms with E-state index in [0.717, 1.165) is 0 Å². The topological polar surface area (TPSA) is 83.8 Å². The van der Waals surface area contributed by atoms with E-state index in [2.05, 4.69) is 0 Å². The van der Waals surface area contributed by atoms with Gasteiger partial charge in [0, 0.05) is 5.18 Å². The molecule has 0 radical (unpaired) electrons. The zero-order valence-electron chi connectivity index (χ0n) is 5.08. The van der Waals surface area contributed by atoms with Crippen molar-refractivity contribution in [1.29, 1.82) is 0 Å². The number of hydrogen-bond donors (Lipinski definition) is 1. The van der Waals surface area contributed by atoms with Gasteiger partial charge in [-0.1, -0.05) is 0 Å². The van der Waals surface area contributed by atoms with Crippen molar-refractivity contribution < 1.29 is 23.5 Å². The number of nitroso groups, excluding NO2 is 1. The molecule has 11 heavy (non-hydrogen) atoms. The number of carboxylic acid groups (broad SMARTS) is 1. The van der Waals surface area contributed by atoms with Gasteiger partial charge in [-0.3, -0.25) is 4.79 Å². The Morgan fingerprint density at radius 3 is 2.18 bits per heavy atom. The number of amides is 1. The predicted octanol–water partition coefficient (Wildman–Crippen LogP) is 0.389. The Morgan fingerprint density at radius 1 is 1.45 bits per heavy atom. The summed E-state index contributed by atoms with van der Waals surface area (Å²) in [6.07, 6.45) is -1.69. The van der Waals surface area contributed by atoms with Crippen molar-refractivity contribution in [3.05, 3.63) is 4.91 Å². The molecule has 0 heterocycles. The fourth-order valence-corrected chi connectivity index (χ4v) is 0.298. The highest BCUT2D eigenvalue weighted by Gasteiger charge is 2.41. The first-order valence-electron chi connectivity index (χ1n) is 2.37. The minimum atomic E-state index is -4.20. The molecule has 62 valence electrons. The van der Waals surface area contributed by atoms with E-state index in [1.807, 2.05) is 0 Å². The third-order valence-electron chi connectivity index (χ3n) is 0.788.